The highest BCUT2D eigenvalue weighted by molar-refractivity contribution is 7.79. The van der Waals surface area contributed by atoms with Gasteiger partial charge in [0, 0.05) is 11.3 Å². The van der Waals surface area contributed by atoms with E-state index < -0.39 is 5.82 Å². The Morgan fingerprint density at radius 1 is 1.28 bits per heavy atom. The van der Waals surface area contributed by atoms with Crippen LogP contribution in [0.15, 0.2) is 24.3 Å². The standard InChI is InChI=1S/C13H13FN2OS/c1-8-5-11(16-13(7-18)15-8)9-3-4-12(17-2)10(14)6-9/h3-6,18H,7H2,1-2H3. The number of ether oxygens (including phenoxy) is 1. The third-order valence-corrected chi connectivity index (χ3v) is 2.77. The van der Waals surface area contributed by atoms with Crippen LogP contribution < -0.4 is 4.74 Å². The average Bonchev–Trinajstić information content (AvgIpc) is 2.37. The lowest BCUT2D eigenvalue weighted by Gasteiger charge is -2.07. The lowest BCUT2D eigenvalue weighted by Crippen LogP contribution is -1.97. The highest BCUT2D eigenvalue weighted by atomic mass is 32.1. The Bertz CT molecular complexity index is 575. The van der Waals surface area contributed by atoms with Crippen molar-refractivity contribution < 1.29 is 9.13 Å². The second kappa shape index (κ2) is 5.35. The van der Waals surface area contributed by atoms with Crippen LogP contribution in [-0.4, -0.2) is 17.1 Å². The van der Waals surface area contributed by atoms with Gasteiger partial charge in [0.2, 0.25) is 0 Å². The summed E-state index contributed by atoms with van der Waals surface area (Å²) in [5, 5.41) is 0. The minimum atomic E-state index is -0.404. The van der Waals surface area contributed by atoms with Crippen molar-refractivity contribution in [2.75, 3.05) is 7.11 Å². The quantitative estimate of drug-likeness (QED) is 0.865. The average molecular weight is 264 g/mol. The molecule has 0 aliphatic carbocycles. The SMILES string of the molecule is COc1ccc(-c2cc(C)nc(CS)n2)cc1F. The molecule has 18 heavy (non-hydrogen) atoms. The van der Waals surface area contributed by atoms with Gasteiger partial charge in [-0.2, -0.15) is 12.6 Å². The Morgan fingerprint density at radius 2 is 2.06 bits per heavy atom. The van der Waals surface area contributed by atoms with E-state index in [2.05, 4.69) is 22.6 Å². The molecule has 0 atom stereocenters. The van der Waals surface area contributed by atoms with Gasteiger partial charge in [-0.1, -0.05) is 0 Å². The van der Waals surface area contributed by atoms with Crippen LogP contribution >= 0.6 is 12.6 Å². The first-order valence-electron chi connectivity index (χ1n) is 5.43. The number of hydrogen-bond donors (Lipinski definition) is 1. The number of aryl methyl sites for hydroxylation is 1. The van der Waals surface area contributed by atoms with Gasteiger partial charge in [-0.05, 0) is 31.2 Å². The first kappa shape index (κ1) is 12.8. The van der Waals surface area contributed by atoms with Crippen molar-refractivity contribution >= 4 is 12.6 Å². The summed E-state index contributed by atoms with van der Waals surface area (Å²) < 4.78 is 18.5. The van der Waals surface area contributed by atoms with E-state index in [-0.39, 0.29) is 5.75 Å². The van der Waals surface area contributed by atoms with Crippen molar-refractivity contribution in [1.82, 2.24) is 9.97 Å². The van der Waals surface area contributed by atoms with E-state index in [1.54, 1.807) is 12.1 Å². The van der Waals surface area contributed by atoms with Gasteiger partial charge in [0.1, 0.15) is 5.82 Å². The van der Waals surface area contributed by atoms with E-state index in [4.69, 9.17) is 4.74 Å². The Hall–Kier alpha value is -1.62. The van der Waals surface area contributed by atoms with E-state index in [1.165, 1.54) is 13.2 Å². The molecule has 0 aliphatic heterocycles. The molecular weight excluding hydrogens is 251 g/mol. The summed E-state index contributed by atoms with van der Waals surface area (Å²) in [5.74, 6) is 0.898. The zero-order chi connectivity index (χ0) is 13.1. The fourth-order valence-corrected chi connectivity index (χ4v) is 1.82. The Labute approximate surface area is 110 Å². The van der Waals surface area contributed by atoms with Crippen LogP contribution in [0.5, 0.6) is 5.75 Å². The Morgan fingerprint density at radius 3 is 2.67 bits per heavy atom. The zero-order valence-electron chi connectivity index (χ0n) is 10.1. The van der Waals surface area contributed by atoms with Gasteiger partial charge >= 0.3 is 0 Å². The molecule has 94 valence electrons. The highest BCUT2D eigenvalue weighted by Gasteiger charge is 2.08. The lowest BCUT2D eigenvalue weighted by atomic mass is 10.1. The van der Waals surface area contributed by atoms with Gasteiger partial charge in [-0.3, -0.25) is 0 Å². The predicted molar refractivity (Wildman–Crippen MR) is 71.4 cm³/mol. The molecule has 1 heterocycles. The summed E-state index contributed by atoms with van der Waals surface area (Å²) in [6.07, 6.45) is 0. The van der Waals surface area contributed by atoms with Crippen molar-refractivity contribution in [2.45, 2.75) is 12.7 Å². The van der Waals surface area contributed by atoms with Crippen LogP contribution in [0.1, 0.15) is 11.5 Å². The fraction of sp³-hybridized carbons (Fsp3) is 0.231. The number of thiol groups is 1. The van der Waals surface area contributed by atoms with Crippen LogP contribution in [-0.2, 0) is 5.75 Å². The van der Waals surface area contributed by atoms with Crippen LogP contribution in [0.4, 0.5) is 4.39 Å². The van der Waals surface area contributed by atoms with Crippen molar-refractivity contribution in [2.24, 2.45) is 0 Å². The summed E-state index contributed by atoms with van der Waals surface area (Å²) >= 11 is 4.15. The maximum Gasteiger partial charge on any atom is 0.165 e. The van der Waals surface area contributed by atoms with E-state index >= 15 is 0 Å². The monoisotopic (exact) mass is 264 g/mol. The molecule has 1 aromatic carbocycles. The molecule has 0 bridgehead atoms. The maximum absolute atomic E-state index is 13.6. The van der Waals surface area contributed by atoms with Crippen LogP contribution in [0.3, 0.4) is 0 Å². The van der Waals surface area contributed by atoms with E-state index in [1.807, 2.05) is 13.0 Å². The van der Waals surface area contributed by atoms with Crippen LogP contribution in [0.25, 0.3) is 11.3 Å². The molecule has 0 unspecified atom stereocenters. The topological polar surface area (TPSA) is 35.0 Å². The van der Waals surface area contributed by atoms with Gasteiger partial charge in [-0.25, -0.2) is 14.4 Å². The van der Waals surface area contributed by atoms with Crippen molar-refractivity contribution in [1.29, 1.82) is 0 Å². The Balaban J connectivity index is 2.48. The molecule has 0 radical (unpaired) electrons. The van der Waals surface area contributed by atoms with Gasteiger partial charge in [0.05, 0.1) is 18.6 Å². The number of benzene rings is 1. The molecule has 0 aliphatic rings. The van der Waals surface area contributed by atoms with E-state index in [0.717, 1.165) is 5.69 Å². The molecular formula is C13H13FN2OS. The highest BCUT2D eigenvalue weighted by Crippen LogP contribution is 2.24. The molecule has 0 fully saturated rings. The molecule has 0 spiro atoms. The number of halogens is 1. The summed E-state index contributed by atoms with van der Waals surface area (Å²) in [7, 11) is 1.44. The van der Waals surface area contributed by atoms with Crippen LogP contribution in [0.2, 0.25) is 0 Å². The van der Waals surface area contributed by atoms with Crippen molar-refractivity contribution in [3.8, 4) is 17.0 Å². The number of methoxy groups -OCH3 is 1. The second-order valence-corrected chi connectivity index (χ2v) is 4.13. The largest absolute Gasteiger partial charge is 0.494 e. The molecule has 5 heteroatoms. The van der Waals surface area contributed by atoms with Crippen molar-refractivity contribution in [3.05, 3.63) is 41.6 Å². The smallest absolute Gasteiger partial charge is 0.165 e. The fourth-order valence-electron chi connectivity index (χ4n) is 1.67. The predicted octanol–water partition coefficient (Wildman–Crippen LogP) is 3.03. The third kappa shape index (κ3) is 2.61. The number of rotatable bonds is 3. The molecule has 1 aromatic heterocycles. The molecule has 0 saturated heterocycles. The summed E-state index contributed by atoms with van der Waals surface area (Å²) in [6, 6.07) is 6.57. The normalized spacial score (nSPS) is 10.4. The number of aromatic nitrogens is 2. The summed E-state index contributed by atoms with van der Waals surface area (Å²) in [5.41, 5.74) is 2.22. The first-order valence-corrected chi connectivity index (χ1v) is 6.06. The minimum Gasteiger partial charge on any atom is -0.494 e. The molecule has 0 amide bonds. The van der Waals surface area contributed by atoms with Gasteiger partial charge in [0.15, 0.2) is 11.6 Å². The molecule has 0 saturated carbocycles. The first-order chi connectivity index (χ1) is 8.63. The van der Waals surface area contributed by atoms with E-state index in [9.17, 15) is 4.39 Å². The maximum atomic E-state index is 13.6. The van der Waals surface area contributed by atoms with Gasteiger partial charge in [-0.15, -0.1) is 0 Å². The zero-order valence-corrected chi connectivity index (χ0v) is 11.0. The third-order valence-electron chi connectivity index (χ3n) is 2.49. The van der Waals surface area contributed by atoms with Crippen molar-refractivity contribution in [3.63, 3.8) is 0 Å². The summed E-state index contributed by atoms with van der Waals surface area (Å²) in [6.45, 7) is 1.87. The minimum absolute atomic E-state index is 0.221. The van der Waals surface area contributed by atoms with Crippen LogP contribution in [0, 0.1) is 12.7 Å². The summed E-state index contributed by atoms with van der Waals surface area (Å²) in [4.78, 5) is 8.55. The lowest BCUT2D eigenvalue weighted by molar-refractivity contribution is 0.386. The molecule has 2 aromatic rings. The number of hydrogen-bond acceptors (Lipinski definition) is 4. The Kier molecular flexibility index (Phi) is 3.81. The molecule has 3 nitrogen and oxygen atoms in total. The van der Waals surface area contributed by atoms with Gasteiger partial charge in [0.25, 0.3) is 0 Å². The van der Waals surface area contributed by atoms with E-state index in [0.29, 0.717) is 22.8 Å². The van der Waals surface area contributed by atoms with Gasteiger partial charge < -0.3 is 4.74 Å². The molecule has 2 rings (SSSR count). The number of nitrogens with zero attached hydrogens (tertiary/aromatic N) is 2. The second-order valence-electron chi connectivity index (χ2n) is 3.82. The molecule has 0 N–H and O–H groups in total.